The quantitative estimate of drug-likeness (QED) is 0.586. The maximum absolute atomic E-state index is 12.3. The van der Waals surface area contributed by atoms with Gasteiger partial charge in [0.05, 0.1) is 11.5 Å². The van der Waals surface area contributed by atoms with Crippen LogP contribution in [0.1, 0.15) is 29.6 Å². The van der Waals surface area contributed by atoms with E-state index in [4.69, 9.17) is 4.74 Å². The number of carbonyl (C=O) groups excluding carboxylic acids is 2. The van der Waals surface area contributed by atoms with Crippen molar-refractivity contribution in [1.29, 1.82) is 0 Å². The van der Waals surface area contributed by atoms with Gasteiger partial charge in [-0.2, -0.15) is 0 Å². The van der Waals surface area contributed by atoms with Crippen molar-refractivity contribution in [3.8, 4) is 0 Å². The summed E-state index contributed by atoms with van der Waals surface area (Å²) < 4.78 is 31.3. The van der Waals surface area contributed by atoms with Crippen LogP contribution in [0.25, 0.3) is 0 Å². The van der Waals surface area contributed by atoms with Gasteiger partial charge in [-0.05, 0) is 43.5 Å². The maximum atomic E-state index is 12.3. The Kier molecular flexibility index (Phi) is 6.91. The van der Waals surface area contributed by atoms with E-state index in [1.165, 1.54) is 31.4 Å². The molecule has 1 atom stereocenters. The zero-order valence-corrected chi connectivity index (χ0v) is 14.9. The fraction of sp³-hybridized carbons (Fsp3) is 0.500. The standard InChI is InChI=1S/C16H23N3O5S/c1-24-11-10-18-25(22,23)13-7-5-12(6-8-13)15(20)19-14-4-2-3-9-17-16(14)21/h5-8,14,18H,2-4,9-11H2,1H3,(H,17,21)(H,19,20)/t14-/m1/s1. The molecule has 1 saturated heterocycles. The molecule has 25 heavy (non-hydrogen) atoms. The van der Waals surface area contributed by atoms with Crippen molar-refractivity contribution in [2.45, 2.75) is 30.2 Å². The minimum absolute atomic E-state index is 0.0624. The molecule has 2 rings (SSSR count). The lowest BCUT2D eigenvalue weighted by Gasteiger charge is -2.15. The summed E-state index contributed by atoms with van der Waals surface area (Å²) in [6, 6.07) is 5.01. The van der Waals surface area contributed by atoms with Gasteiger partial charge >= 0.3 is 0 Å². The summed E-state index contributed by atoms with van der Waals surface area (Å²) in [7, 11) is -2.16. The van der Waals surface area contributed by atoms with Crippen molar-refractivity contribution >= 4 is 21.8 Å². The Labute approximate surface area is 147 Å². The molecule has 1 fully saturated rings. The van der Waals surface area contributed by atoms with Crippen LogP contribution in [0.2, 0.25) is 0 Å². The third kappa shape index (κ3) is 5.52. The lowest BCUT2D eigenvalue weighted by molar-refractivity contribution is -0.122. The Morgan fingerprint density at radius 1 is 1.28 bits per heavy atom. The molecule has 0 aromatic heterocycles. The van der Waals surface area contributed by atoms with Crippen LogP contribution in [0.15, 0.2) is 29.2 Å². The first-order valence-electron chi connectivity index (χ1n) is 8.11. The molecule has 0 bridgehead atoms. The molecule has 1 heterocycles. The largest absolute Gasteiger partial charge is 0.383 e. The third-order valence-corrected chi connectivity index (χ3v) is 5.34. The van der Waals surface area contributed by atoms with Gasteiger partial charge < -0.3 is 15.4 Å². The lowest BCUT2D eigenvalue weighted by atomic mass is 10.1. The predicted octanol–water partition coefficient (Wildman–Crippen LogP) is 0.00980. The first kappa shape index (κ1) is 19.4. The summed E-state index contributed by atoms with van der Waals surface area (Å²) in [5.74, 6) is -0.592. The molecular formula is C16H23N3O5S. The van der Waals surface area contributed by atoms with Gasteiger partial charge in [-0.1, -0.05) is 0 Å². The molecule has 8 nitrogen and oxygen atoms in total. The smallest absolute Gasteiger partial charge is 0.251 e. The molecule has 0 spiro atoms. The van der Waals surface area contributed by atoms with Crippen molar-refractivity contribution < 1.29 is 22.7 Å². The van der Waals surface area contributed by atoms with Gasteiger partial charge in [0.15, 0.2) is 0 Å². The van der Waals surface area contributed by atoms with E-state index in [1.54, 1.807) is 0 Å². The average molecular weight is 369 g/mol. The molecule has 0 aliphatic carbocycles. The van der Waals surface area contributed by atoms with Crippen molar-refractivity contribution in [3.05, 3.63) is 29.8 Å². The summed E-state index contributed by atoms with van der Waals surface area (Å²) in [5, 5.41) is 5.45. The van der Waals surface area contributed by atoms with Gasteiger partial charge in [0.1, 0.15) is 6.04 Å². The van der Waals surface area contributed by atoms with E-state index in [0.29, 0.717) is 18.5 Å². The van der Waals surface area contributed by atoms with E-state index in [-0.39, 0.29) is 24.0 Å². The molecule has 1 aromatic carbocycles. The van der Waals surface area contributed by atoms with Crippen LogP contribution < -0.4 is 15.4 Å². The van der Waals surface area contributed by atoms with E-state index >= 15 is 0 Å². The van der Waals surface area contributed by atoms with E-state index in [2.05, 4.69) is 15.4 Å². The number of sulfonamides is 1. The van der Waals surface area contributed by atoms with Gasteiger partial charge in [0, 0.05) is 25.8 Å². The number of amides is 2. The molecular weight excluding hydrogens is 346 g/mol. The highest BCUT2D eigenvalue weighted by atomic mass is 32.2. The zero-order valence-electron chi connectivity index (χ0n) is 14.1. The summed E-state index contributed by atoms with van der Waals surface area (Å²) in [6.45, 7) is 1.05. The van der Waals surface area contributed by atoms with E-state index < -0.39 is 22.0 Å². The molecule has 1 aliphatic rings. The fourth-order valence-electron chi connectivity index (χ4n) is 2.47. The second-order valence-corrected chi connectivity index (χ2v) is 7.49. The number of methoxy groups -OCH3 is 1. The van der Waals surface area contributed by atoms with Crippen molar-refractivity contribution in [2.75, 3.05) is 26.8 Å². The zero-order chi connectivity index (χ0) is 18.3. The Morgan fingerprint density at radius 3 is 2.68 bits per heavy atom. The predicted molar refractivity (Wildman–Crippen MR) is 91.6 cm³/mol. The molecule has 2 amide bonds. The van der Waals surface area contributed by atoms with Crippen LogP contribution in [-0.2, 0) is 19.6 Å². The maximum Gasteiger partial charge on any atom is 0.251 e. The van der Waals surface area contributed by atoms with Gasteiger partial charge in [0.25, 0.3) is 5.91 Å². The van der Waals surface area contributed by atoms with Crippen LogP contribution in [0, 0.1) is 0 Å². The average Bonchev–Trinajstić information content (AvgIpc) is 2.80. The number of hydrogen-bond acceptors (Lipinski definition) is 5. The molecule has 0 unspecified atom stereocenters. The van der Waals surface area contributed by atoms with Crippen LogP contribution >= 0.6 is 0 Å². The molecule has 0 radical (unpaired) electrons. The topological polar surface area (TPSA) is 114 Å². The molecule has 3 N–H and O–H groups in total. The molecule has 138 valence electrons. The van der Waals surface area contributed by atoms with Crippen LogP contribution in [-0.4, -0.2) is 53.1 Å². The van der Waals surface area contributed by atoms with Gasteiger partial charge in [-0.15, -0.1) is 0 Å². The Balaban J connectivity index is 2.01. The van der Waals surface area contributed by atoms with Crippen LogP contribution in [0.3, 0.4) is 0 Å². The van der Waals surface area contributed by atoms with Gasteiger partial charge in [0.2, 0.25) is 15.9 Å². The van der Waals surface area contributed by atoms with Crippen LogP contribution in [0.4, 0.5) is 0 Å². The second kappa shape index (κ2) is 8.93. The van der Waals surface area contributed by atoms with Crippen molar-refractivity contribution in [3.63, 3.8) is 0 Å². The Hall–Kier alpha value is -1.97. The third-order valence-electron chi connectivity index (χ3n) is 3.87. The SMILES string of the molecule is COCCNS(=O)(=O)c1ccc(C(=O)N[C@@H]2CCCCNC2=O)cc1. The highest BCUT2D eigenvalue weighted by Crippen LogP contribution is 2.12. The number of ether oxygens (including phenoxy) is 1. The normalized spacial score (nSPS) is 18.3. The summed E-state index contributed by atoms with van der Waals surface area (Å²) in [6.07, 6.45) is 2.34. The van der Waals surface area contributed by atoms with E-state index in [0.717, 1.165) is 12.8 Å². The molecule has 1 aromatic rings. The Bertz CT molecular complexity index is 703. The first-order chi connectivity index (χ1) is 11.9. The summed E-state index contributed by atoms with van der Waals surface area (Å²) in [5.41, 5.74) is 0.299. The van der Waals surface area contributed by atoms with Crippen molar-refractivity contribution in [1.82, 2.24) is 15.4 Å². The van der Waals surface area contributed by atoms with Crippen molar-refractivity contribution in [2.24, 2.45) is 0 Å². The van der Waals surface area contributed by atoms with E-state index in [1.807, 2.05) is 0 Å². The minimum atomic E-state index is -3.64. The van der Waals surface area contributed by atoms with E-state index in [9.17, 15) is 18.0 Å². The van der Waals surface area contributed by atoms with Gasteiger partial charge in [-0.25, -0.2) is 13.1 Å². The number of benzene rings is 1. The van der Waals surface area contributed by atoms with Crippen LogP contribution in [0.5, 0.6) is 0 Å². The number of rotatable bonds is 7. The molecule has 0 saturated carbocycles. The molecule has 1 aliphatic heterocycles. The molecule has 9 heteroatoms. The van der Waals surface area contributed by atoms with Gasteiger partial charge in [-0.3, -0.25) is 9.59 Å². The first-order valence-corrected chi connectivity index (χ1v) is 9.59. The summed E-state index contributed by atoms with van der Waals surface area (Å²) >= 11 is 0. The fourth-order valence-corrected chi connectivity index (χ4v) is 3.48. The minimum Gasteiger partial charge on any atom is -0.383 e. The highest BCUT2D eigenvalue weighted by molar-refractivity contribution is 7.89. The highest BCUT2D eigenvalue weighted by Gasteiger charge is 2.23. The number of hydrogen-bond donors (Lipinski definition) is 3. The number of nitrogens with one attached hydrogen (secondary N) is 3. The lowest BCUT2D eigenvalue weighted by Crippen LogP contribution is -2.45. The summed E-state index contributed by atoms with van der Waals surface area (Å²) in [4.78, 5) is 24.2. The Morgan fingerprint density at radius 2 is 2.00 bits per heavy atom. The monoisotopic (exact) mass is 369 g/mol. The second-order valence-electron chi connectivity index (χ2n) is 5.73. The number of carbonyl (C=O) groups is 2.